The number of rotatable bonds is 5. The summed E-state index contributed by atoms with van der Waals surface area (Å²) in [4.78, 5) is 10.8. The van der Waals surface area contributed by atoms with Crippen LogP contribution in [0.1, 0.15) is 33.1 Å². The van der Waals surface area contributed by atoms with E-state index < -0.39 is 5.97 Å². The number of carboxylic acids is 1. The fourth-order valence-corrected chi connectivity index (χ4v) is 1.74. The smallest absolute Gasteiger partial charge is 0.372 e. The summed E-state index contributed by atoms with van der Waals surface area (Å²) in [6, 6.07) is 1.64. The van der Waals surface area contributed by atoms with Crippen molar-refractivity contribution in [2.24, 2.45) is 0 Å². The van der Waals surface area contributed by atoms with Gasteiger partial charge in [0.25, 0.3) is 0 Å². The molecule has 0 unspecified atom stereocenters. The molecular formula is C12H14N2O4. The van der Waals surface area contributed by atoms with Gasteiger partial charge in [-0.05, 0) is 19.9 Å². The molecule has 0 aliphatic rings. The number of hydrogen-bond donors (Lipinski definition) is 2. The van der Waals surface area contributed by atoms with Crippen molar-refractivity contribution in [1.29, 1.82) is 0 Å². The number of aromatic carboxylic acids is 1. The molecule has 0 amide bonds. The lowest BCUT2D eigenvalue weighted by Crippen LogP contribution is -2.15. The number of carboxylic acid groups (broad SMARTS) is 1. The van der Waals surface area contributed by atoms with Crippen LogP contribution in [-0.4, -0.2) is 16.2 Å². The summed E-state index contributed by atoms with van der Waals surface area (Å²) in [6.07, 6.45) is 1.37. The Bertz CT molecular complexity index is 537. The molecule has 0 aliphatic heterocycles. The first-order valence-electron chi connectivity index (χ1n) is 5.51. The summed E-state index contributed by atoms with van der Waals surface area (Å²) in [5.74, 6) is -0.318. The van der Waals surface area contributed by atoms with Crippen LogP contribution in [0.2, 0.25) is 0 Å². The second-order valence-corrected chi connectivity index (χ2v) is 3.99. The third-order valence-electron chi connectivity index (χ3n) is 2.74. The lowest BCUT2D eigenvalue weighted by Gasteiger charge is -2.03. The van der Waals surface area contributed by atoms with Gasteiger partial charge in [0.1, 0.15) is 5.76 Å². The van der Waals surface area contributed by atoms with Gasteiger partial charge in [0.05, 0.1) is 12.0 Å². The maximum Gasteiger partial charge on any atom is 0.372 e. The molecule has 0 saturated carbocycles. The minimum absolute atomic E-state index is 0.0266. The van der Waals surface area contributed by atoms with E-state index in [0.717, 1.165) is 17.0 Å². The average Bonchev–Trinajstić information content (AvgIpc) is 2.90. The molecule has 0 fully saturated rings. The highest BCUT2D eigenvalue weighted by molar-refractivity contribution is 5.86. The van der Waals surface area contributed by atoms with Gasteiger partial charge in [-0.15, -0.1) is 0 Å². The lowest BCUT2D eigenvalue weighted by atomic mass is 10.2. The summed E-state index contributed by atoms with van der Waals surface area (Å²) in [5, 5.41) is 15.9. The van der Waals surface area contributed by atoms with Gasteiger partial charge in [-0.3, -0.25) is 0 Å². The molecule has 0 atom stereocenters. The molecule has 2 rings (SSSR count). The van der Waals surface area contributed by atoms with Crippen LogP contribution in [-0.2, 0) is 13.1 Å². The van der Waals surface area contributed by atoms with E-state index in [1.807, 2.05) is 13.8 Å². The summed E-state index contributed by atoms with van der Waals surface area (Å²) >= 11 is 0. The maximum absolute atomic E-state index is 10.8. The monoisotopic (exact) mass is 250 g/mol. The molecule has 6 nitrogen and oxygen atoms in total. The third kappa shape index (κ3) is 2.43. The number of nitrogens with one attached hydrogen (secondary N) is 1. The van der Waals surface area contributed by atoms with Crippen molar-refractivity contribution in [2.45, 2.75) is 26.9 Å². The average molecular weight is 250 g/mol. The van der Waals surface area contributed by atoms with Gasteiger partial charge in [0.2, 0.25) is 5.76 Å². The van der Waals surface area contributed by atoms with Crippen LogP contribution >= 0.6 is 0 Å². The summed E-state index contributed by atoms with van der Waals surface area (Å²) in [5.41, 5.74) is 2.45. The van der Waals surface area contributed by atoms with Crippen molar-refractivity contribution in [3.8, 4) is 0 Å². The minimum Gasteiger partial charge on any atom is -0.475 e. The normalized spacial score (nSPS) is 10.8. The first-order chi connectivity index (χ1) is 8.59. The predicted octanol–water partition coefficient (Wildman–Crippen LogP) is 1.87. The van der Waals surface area contributed by atoms with Crippen molar-refractivity contribution in [3.05, 3.63) is 40.7 Å². The summed E-state index contributed by atoms with van der Waals surface area (Å²) in [7, 11) is 0. The molecule has 0 radical (unpaired) electrons. The SMILES string of the molecule is Cc1noc(C)c1CNCc1ccoc1C(=O)O. The minimum atomic E-state index is -1.06. The number of hydrogen-bond acceptors (Lipinski definition) is 5. The highest BCUT2D eigenvalue weighted by atomic mass is 16.5. The molecular weight excluding hydrogens is 236 g/mol. The van der Waals surface area contributed by atoms with Crippen LogP contribution in [0.4, 0.5) is 0 Å². The van der Waals surface area contributed by atoms with Crippen LogP contribution in [0.15, 0.2) is 21.3 Å². The Balaban J connectivity index is 1.97. The van der Waals surface area contributed by atoms with Crippen molar-refractivity contribution >= 4 is 5.97 Å². The van der Waals surface area contributed by atoms with E-state index in [9.17, 15) is 4.79 Å². The van der Waals surface area contributed by atoms with E-state index in [1.54, 1.807) is 6.07 Å². The number of aromatic nitrogens is 1. The second kappa shape index (κ2) is 5.05. The van der Waals surface area contributed by atoms with Crippen LogP contribution in [0.5, 0.6) is 0 Å². The summed E-state index contributed by atoms with van der Waals surface area (Å²) in [6.45, 7) is 4.71. The fraction of sp³-hybridized carbons (Fsp3) is 0.333. The number of aryl methyl sites for hydroxylation is 2. The lowest BCUT2D eigenvalue weighted by molar-refractivity contribution is 0.0660. The van der Waals surface area contributed by atoms with E-state index >= 15 is 0 Å². The zero-order valence-corrected chi connectivity index (χ0v) is 10.2. The zero-order chi connectivity index (χ0) is 13.1. The highest BCUT2D eigenvalue weighted by Gasteiger charge is 2.14. The Labute approximate surface area is 104 Å². The molecule has 18 heavy (non-hydrogen) atoms. The first-order valence-corrected chi connectivity index (χ1v) is 5.51. The van der Waals surface area contributed by atoms with E-state index in [1.165, 1.54) is 6.26 Å². The topological polar surface area (TPSA) is 88.5 Å². The molecule has 6 heteroatoms. The van der Waals surface area contributed by atoms with Crippen LogP contribution in [0.25, 0.3) is 0 Å². The van der Waals surface area contributed by atoms with E-state index in [2.05, 4.69) is 10.5 Å². The molecule has 2 aromatic rings. The van der Waals surface area contributed by atoms with Gasteiger partial charge in [-0.25, -0.2) is 4.79 Å². The number of carbonyl (C=O) groups is 1. The van der Waals surface area contributed by atoms with Crippen LogP contribution in [0.3, 0.4) is 0 Å². The quantitative estimate of drug-likeness (QED) is 0.842. The second-order valence-electron chi connectivity index (χ2n) is 3.99. The molecule has 2 heterocycles. The number of furan rings is 1. The molecule has 0 spiro atoms. The molecule has 96 valence electrons. The molecule has 0 aromatic carbocycles. The van der Waals surface area contributed by atoms with Crippen molar-refractivity contribution in [3.63, 3.8) is 0 Å². The summed E-state index contributed by atoms with van der Waals surface area (Å²) < 4.78 is 9.93. The Kier molecular flexibility index (Phi) is 3.47. The van der Waals surface area contributed by atoms with Gasteiger partial charge < -0.3 is 19.4 Å². The number of nitrogens with zero attached hydrogens (tertiary/aromatic N) is 1. The highest BCUT2D eigenvalue weighted by Crippen LogP contribution is 2.13. The Hall–Kier alpha value is -2.08. The van der Waals surface area contributed by atoms with E-state index in [0.29, 0.717) is 18.7 Å². The van der Waals surface area contributed by atoms with Gasteiger partial charge in [-0.2, -0.15) is 0 Å². The van der Waals surface area contributed by atoms with Crippen molar-refractivity contribution in [2.75, 3.05) is 0 Å². The maximum atomic E-state index is 10.8. The largest absolute Gasteiger partial charge is 0.475 e. The molecule has 0 saturated heterocycles. The van der Waals surface area contributed by atoms with Gasteiger partial charge in [0, 0.05) is 24.2 Å². The molecule has 0 bridgehead atoms. The van der Waals surface area contributed by atoms with Gasteiger partial charge in [0.15, 0.2) is 0 Å². The Morgan fingerprint density at radius 3 is 2.83 bits per heavy atom. The predicted molar refractivity (Wildman–Crippen MR) is 62.2 cm³/mol. The molecule has 0 aliphatic carbocycles. The van der Waals surface area contributed by atoms with Gasteiger partial charge in [-0.1, -0.05) is 5.16 Å². The molecule has 2 N–H and O–H groups in total. The van der Waals surface area contributed by atoms with Gasteiger partial charge >= 0.3 is 5.97 Å². The zero-order valence-electron chi connectivity index (χ0n) is 10.2. The van der Waals surface area contributed by atoms with Crippen LogP contribution < -0.4 is 5.32 Å². The fourth-order valence-electron chi connectivity index (χ4n) is 1.74. The molecule has 2 aromatic heterocycles. The van der Waals surface area contributed by atoms with Crippen LogP contribution in [0, 0.1) is 13.8 Å². The van der Waals surface area contributed by atoms with Crippen molar-refractivity contribution < 1.29 is 18.8 Å². The third-order valence-corrected chi connectivity index (χ3v) is 2.74. The Morgan fingerprint density at radius 1 is 1.44 bits per heavy atom. The van der Waals surface area contributed by atoms with E-state index in [4.69, 9.17) is 14.0 Å². The Morgan fingerprint density at radius 2 is 2.22 bits per heavy atom. The van der Waals surface area contributed by atoms with E-state index in [-0.39, 0.29) is 5.76 Å². The first kappa shape index (κ1) is 12.4. The standard InChI is InChI=1S/C12H14N2O4/c1-7-10(8(2)18-14-7)6-13-5-9-3-4-17-11(9)12(15)16/h3-4,13H,5-6H2,1-2H3,(H,15,16). The van der Waals surface area contributed by atoms with Crippen molar-refractivity contribution in [1.82, 2.24) is 10.5 Å².